The molecule has 136 valence electrons. The van der Waals surface area contributed by atoms with Crippen LogP contribution >= 0.6 is 23.8 Å². The van der Waals surface area contributed by atoms with Crippen LogP contribution in [-0.4, -0.2) is 37.3 Å². The van der Waals surface area contributed by atoms with Crippen LogP contribution in [0.3, 0.4) is 0 Å². The summed E-state index contributed by atoms with van der Waals surface area (Å²) in [6, 6.07) is 10.8. The minimum Gasteiger partial charge on any atom is -0.378 e. The highest BCUT2D eigenvalue weighted by Crippen LogP contribution is 2.34. The third kappa shape index (κ3) is 4.49. The summed E-state index contributed by atoms with van der Waals surface area (Å²) < 4.78 is 18.6. The first kappa shape index (κ1) is 18.6. The molecule has 0 bridgehead atoms. The molecule has 1 amide bonds. The molecule has 5 nitrogen and oxygen atoms in total. The zero-order valence-corrected chi connectivity index (χ0v) is 15.4. The quantitative estimate of drug-likeness (QED) is 0.782. The Hall–Kier alpha value is -2.22. The third-order valence-electron chi connectivity index (χ3n) is 3.88. The molecule has 0 saturated carbocycles. The Morgan fingerprint density at radius 3 is 2.65 bits per heavy atom. The first-order chi connectivity index (χ1) is 12.5. The Morgan fingerprint density at radius 2 is 1.92 bits per heavy atom. The maximum absolute atomic E-state index is 13.3. The predicted octanol–water partition coefficient (Wildman–Crippen LogP) is 3.44. The van der Waals surface area contributed by atoms with E-state index in [9.17, 15) is 9.18 Å². The van der Waals surface area contributed by atoms with Crippen molar-refractivity contribution in [3.8, 4) is 0 Å². The fourth-order valence-electron chi connectivity index (χ4n) is 2.68. The number of benzene rings is 2. The van der Waals surface area contributed by atoms with Gasteiger partial charge in [0.05, 0.1) is 29.6 Å². The number of ether oxygens (including phenoxy) is 1. The monoisotopic (exact) mass is 393 g/mol. The van der Waals surface area contributed by atoms with Gasteiger partial charge in [0.2, 0.25) is 0 Å². The minimum absolute atomic E-state index is 0.107. The highest BCUT2D eigenvalue weighted by atomic mass is 35.5. The second-order valence-electron chi connectivity index (χ2n) is 5.65. The van der Waals surface area contributed by atoms with Crippen molar-refractivity contribution in [2.24, 2.45) is 0 Å². The fraction of sp³-hybridized carbons (Fsp3) is 0.222. The molecule has 8 heteroatoms. The summed E-state index contributed by atoms with van der Waals surface area (Å²) in [4.78, 5) is 14.3. The number of amides is 1. The Labute approximate surface area is 161 Å². The van der Waals surface area contributed by atoms with Crippen LogP contribution in [0, 0.1) is 5.82 Å². The van der Waals surface area contributed by atoms with Gasteiger partial charge in [-0.2, -0.15) is 0 Å². The normalized spacial score (nSPS) is 14.0. The summed E-state index contributed by atoms with van der Waals surface area (Å²) in [7, 11) is 0. The summed E-state index contributed by atoms with van der Waals surface area (Å²) in [5.41, 5.74) is 1.68. The van der Waals surface area contributed by atoms with E-state index in [4.69, 9.17) is 28.6 Å². The highest BCUT2D eigenvalue weighted by Gasteiger charge is 2.19. The van der Waals surface area contributed by atoms with Crippen molar-refractivity contribution in [2.75, 3.05) is 36.5 Å². The van der Waals surface area contributed by atoms with Crippen molar-refractivity contribution in [1.82, 2.24) is 5.32 Å². The highest BCUT2D eigenvalue weighted by molar-refractivity contribution is 7.80. The van der Waals surface area contributed by atoms with Gasteiger partial charge in [-0.15, -0.1) is 0 Å². The van der Waals surface area contributed by atoms with Gasteiger partial charge in [0, 0.05) is 18.7 Å². The number of hydrogen-bond donors (Lipinski definition) is 2. The zero-order chi connectivity index (χ0) is 18.5. The molecule has 1 aliphatic heterocycles. The molecule has 26 heavy (non-hydrogen) atoms. The zero-order valence-electron chi connectivity index (χ0n) is 13.8. The predicted molar refractivity (Wildman–Crippen MR) is 105 cm³/mol. The number of rotatable bonds is 3. The fourth-order valence-corrected chi connectivity index (χ4v) is 3.18. The molecule has 0 aliphatic carbocycles. The van der Waals surface area contributed by atoms with Crippen LogP contribution in [0.2, 0.25) is 5.02 Å². The largest absolute Gasteiger partial charge is 0.378 e. The van der Waals surface area contributed by atoms with Gasteiger partial charge in [-0.1, -0.05) is 23.7 Å². The van der Waals surface area contributed by atoms with Crippen molar-refractivity contribution in [1.29, 1.82) is 0 Å². The van der Waals surface area contributed by atoms with Crippen LogP contribution in [-0.2, 0) is 4.74 Å². The topological polar surface area (TPSA) is 53.6 Å². The first-order valence-corrected chi connectivity index (χ1v) is 8.82. The number of morpholine rings is 1. The molecule has 0 unspecified atom stereocenters. The summed E-state index contributed by atoms with van der Waals surface area (Å²) in [6.45, 7) is 2.65. The van der Waals surface area contributed by atoms with Gasteiger partial charge in [0.1, 0.15) is 5.82 Å². The summed E-state index contributed by atoms with van der Waals surface area (Å²) in [5.74, 6) is -0.974. The standard InChI is InChI=1S/C18H17ClFN3O2S/c19-14-5-2-6-15(16(14)23-7-9-25-10-8-23)21-18(26)22-17(24)12-3-1-4-13(20)11-12/h1-6,11H,7-10H2,(H2,21,22,24,26). The number of carbonyl (C=O) groups is 1. The van der Waals surface area contributed by atoms with E-state index in [1.54, 1.807) is 12.1 Å². The van der Waals surface area contributed by atoms with E-state index in [0.717, 1.165) is 11.8 Å². The molecule has 2 aromatic carbocycles. The number of thiocarbonyl (C=S) groups is 1. The Kier molecular flexibility index (Phi) is 6.03. The smallest absolute Gasteiger partial charge is 0.257 e. The van der Waals surface area contributed by atoms with Gasteiger partial charge in [-0.3, -0.25) is 10.1 Å². The average molecular weight is 394 g/mol. The lowest BCUT2D eigenvalue weighted by molar-refractivity contribution is 0.0977. The molecular weight excluding hydrogens is 377 g/mol. The number of halogens is 2. The SMILES string of the molecule is O=C(NC(=S)Nc1cccc(Cl)c1N1CCOCC1)c1cccc(F)c1. The maximum Gasteiger partial charge on any atom is 0.257 e. The number of nitrogens with zero attached hydrogens (tertiary/aromatic N) is 1. The van der Waals surface area contributed by atoms with Gasteiger partial charge in [-0.05, 0) is 42.5 Å². The molecule has 0 radical (unpaired) electrons. The molecule has 1 heterocycles. The van der Waals surface area contributed by atoms with Gasteiger partial charge in [0.15, 0.2) is 5.11 Å². The molecule has 0 aromatic heterocycles. The van der Waals surface area contributed by atoms with Crippen LogP contribution in [0.25, 0.3) is 0 Å². The number of anilines is 2. The van der Waals surface area contributed by atoms with Crippen molar-refractivity contribution >= 4 is 46.2 Å². The van der Waals surface area contributed by atoms with Crippen LogP contribution in [0.5, 0.6) is 0 Å². The lowest BCUT2D eigenvalue weighted by atomic mass is 10.2. The number of carbonyl (C=O) groups excluding carboxylic acids is 1. The molecule has 1 aliphatic rings. The Balaban J connectivity index is 1.73. The lowest BCUT2D eigenvalue weighted by Gasteiger charge is -2.31. The van der Waals surface area contributed by atoms with Crippen molar-refractivity contribution in [2.45, 2.75) is 0 Å². The van der Waals surface area contributed by atoms with Crippen molar-refractivity contribution in [3.05, 3.63) is 58.9 Å². The van der Waals surface area contributed by atoms with Gasteiger partial charge >= 0.3 is 0 Å². The second-order valence-corrected chi connectivity index (χ2v) is 6.47. The lowest BCUT2D eigenvalue weighted by Crippen LogP contribution is -2.38. The molecular formula is C18H17ClFN3O2S. The molecule has 1 saturated heterocycles. The van der Waals surface area contributed by atoms with Gasteiger partial charge in [0.25, 0.3) is 5.91 Å². The third-order valence-corrected chi connectivity index (χ3v) is 4.39. The van der Waals surface area contributed by atoms with Crippen LogP contribution < -0.4 is 15.5 Å². The molecule has 0 spiro atoms. The van der Waals surface area contributed by atoms with Crippen molar-refractivity contribution in [3.63, 3.8) is 0 Å². The van der Waals surface area contributed by atoms with Gasteiger partial charge < -0.3 is 15.0 Å². The van der Waals surface area contributed by atoms with E-state index in [1.807, 2.05) is 6.07 Å². The van der Waals surface area contributed by atoms with E-state index in [-0.39, 0.29) is 10.7 Å². The van der Waals surface area contributed by atoms with E-state index in [0.29, 0.717) is 37.0 Å². The minimum atomic E-state index is -0.489. The maximum atomic E-state index is 13.3. The Bertz CT molecular complexity index is 828. The molecule has 1 fully saturated rings. The van der Waals surface area contributed by atoms with Crippen LogP contribution in [0.1, 0.15) is 10.4 Å². The van der Waals surface area contributed by atoms with E-state index in [2.05, 4.69) is 15.5 Å². The van der Waals surface area contributed by atoms with E-state index >= 15 is 0 Å². The summed E-state index contributed by atoms with van der Waals surface area (Å²) >= 11 is 11.6. The average Bonchev–Trinajstić information content (AvgIpc) is 2.62. The van der Waals surface area contributed by atoms with Crippen molar-refractivity contribution < 1.29 is 13.9 Å². The second kappa shape index (κ2) is 8.44. The molecule has 2 N–H and O–H groups in total. The van der Waals surface area contributed by atoms with E-state index < -0.39 is 11.7 Å². The summed E-state index contributed by atoms with van der Waals surface area (Å²) in [5, 5.41) is 6.24. The number of nitrogens with one attached hydrogen (secondary N) is 2. The molecule has 0 atom stereocenters. The Morgan fingerprint density at radius 1 is 1.19 bits per heavy atom. The van der Waals surface area contributed by atoms with Crippen LogP contribution in [0.15, 0.2) is 42.5 Å². The van der Waals surface area contributed by atoms with Crippen LogP contribution in [0.4, 0.5) is 15.8 Å². The van der Waals surface area contributed by atoms with E-state index in [1.165, 1.54) is 18.2 Å². The number of hydrogen-bond acceptors (Lipinski definition) is 4. The molecule has 3 rings (SSSR count). The van der Waals surface area contributed by atoms with Gasteiger partial charge in [-0.25, -0.2) is 4.39 Å². The summed E-state index contributed by atoms with van der Waals surface area (Å²) in [6.07, 6.45) is 0. The first-order valence-electron chi connectivity index (χ1n) is 8.04. The number of para-hydroxylation sites is 1. The molecule has 2 aromatic rings.